The van der Waals surface area contributed by atoms with Gasteiger partial charge >= 0.3 is 0 Å². The summed E-state index contributed by atoms with van der Waals surface area (Å²) in [4.78, 5) is 27.6. The summed E-state index contributed by atoms with van der Waals surface area (Å²) in [5.41, 5.74) is 1.55. The maximum Gasteiger partial charge on any atom is 0.236 e. The van der Waals surface area contributed by atoms with Crippen LogP contribution in [-0.2, 0) is 9.59 Å². The molecule has 0 aliphatic rings. The van der Waals surface area contributed by atoms with Gasteiger partial charge in [-0.2, -0.15) is 0 Å². The number of aryl methyl sites for hydroxylation is 1. The molecule has 1 aromatic heterocycles. The molecule has 2 N–H and O–H groups in total. The number of hydrogen-bond donors (Lipinski definition) is 2. The summed E-state index contributed by atoms with van der Waals surface area (Å²) >= 11 is 8.39. The molecule has 0 aliphatic carbocycles. The molecule has 1 aromatic carbocycles. The van der Waals surface area contributed by atoms with E-state index in [1.165, 1.54) is 23.1 Å². The Bertz CT molecular complexity index is 658. The van der Waals surface area contributed by atoms with Crippen molar-refractivity contribution in [2.45, 2.75) is 6.92 Å². The van der Waals surface area contributed by atoms with E-state index < -0.39 is 0 Å². The number of aromatic nitrogens is 1. The molecule has 0 fully saturated rings. The topological polar surface area (TPSA) is 71.1 Å². The molecule has 0 saturated carbocycles. The first-order valence-corrected chi connectivity index (χ1v) is 8.79. The van der Waals surface area contributed by atoms with Gasteiger partial charge in [0.2, 0.25) is 11.8 Å². The van der Waals surface area contributed by atoms with Crippen LogP contribution in [-0.4, -0.2) is 28.3 Å². The van der Waals surface area contributed by atoms with Gasteiger partial charge in [0.1, 0.15) is 0 Å². The molecule has 2 aromatic rings. The number of carbonyl (C=O) groups excluding carboxylic acids is 2. The number of amides is 2. The first-order chi connectivity index (χ1) is 10.5. The monoisotopic (exact) mass is 355 g/mol. The van der Waals surface area contributed by atoms with Crippen LogP contribution in [0.25, 0.3) is 0 Å². The van der Waals surface area contributed by atoms with Crippen LogP contribution in [0.2, 0.25) is 5.02 Å². The minimum Gasteiger partial charge on any atom is -0.325 e. The van der Waals surface area contributed by atoms with E-state index in [0.29, 0.717) is 15.8 Å². The summed E-state index contributed by atoms with van der Waals surface area (Å²) in [7, 11) is 0. The van der Waals surface area contributed by atoms with Crippen LogP contribution < -0.4 is 10.6 Å². The predicted octanol–water partition coefficient (Wildman–Crippen LogP) is 3.42. The highest BCUT2D eigenvalue weighted by Gasteiger charge is 2.08. The van der Waals surface area contributed by atoms with E-state index in [2.05, 4.69) is 15.6 Å². The fourth-order valence-electron chi connectivity index (χ4n) is 1.53. The molecule has 2 rings (SSSR count). The highest BCUT2D eigenvalue weighted by Crippen LogP contribution is 2.15. The van der Waals surface area contributed by atoms with Crippen molar-refractivity contribution in [3.63, 3.8) is 0 Å². The molecular formula is C14H14ClN3O2S2. The second-order valence-electron chi connectivity index (χ2n) is 4.39. The predicted molar refractivity (Wildman–Crippen MR) is 92.9 cm³/mol. The maximum absolute atomic E-state index is 11.7. The van der Waals surface area contributed by atoms with Crippen LogP contribution in [0, 0.1) is 6.92 Å². The van der Waals surface area contributed by atoms with Gasteiger partial charge in [-0.1, -0.05) is 11.6 Å². The molecule has 8 heteroatoms. The highest BCUT2D eigenvalue weighted by atomic mass is 35.5. The number of thiazole rings is 1. The van der Waals surface area contributed by atoms with Crippen molar-refractivity contribution >= 4 is 57.3 Å². The molecule has 0 bridgehead atoms. The van der Waals surface area contributed by atoms with Gasteiger partial charge in [-0.15, -0.1) is 23.1 Å². The highest BCUT2D eigenvalue weighted by molar-refractivity contribution is 8.00. The number of thioether (sulfide) groups is 1. The lowest BCUT2D eigenvalue weighted by molar-refractivity contribution is -0.114. The Balaban J connectivity index is 1.68. The van der Waals surface area contributed by atoms with E-state index in [1.807, 2.05) is 12.3 Å². The quantitative estimate of drug-likeness (QED) is 0.832. The Hall–Kier alpha value is -1.57. The van der Waals surface area contributed by atoms with E-state index in [0.717, 1.165) is 5.69 Å². The fourth-order valence-corrected chi connectivity index (χ4v) is 2.98. The van der Waals surface area contributed by atoms with Gasteiger partial charge < -0.3 is 10.6 Å². The Morgan fingerprint density at radius 2 is 1.82 bits per heavy atom. The molecule has 0 radical (unpaired) electrons. The van der Waals surface area contributed by atoms with Crippen molar-refractivity contribution in [2.75, 3.05) is 22.1 Å². The van der Waals surface area contributed by atoms with Crippen LogP contribution in [0.1, 0.15) is 5.69 Å². The fraction of sp³-hybridized carbons (Fsp3) is 0.214. The minimum atomic E-state index is -0.168. The minimum absolute atomic E-state index is 0.162. The number of carbonyl (C=O) groups is 2. The molecular weight excluding hydrogens is 342 g/mol. The second kappa shape index (κ2) is 8.17. The number of nitrogens with zero attached hydrogens (tertiary/aromatic N) is 1. The van der Waals surface area contributed by atoms with Crippen LogP contribution in [0.5, 0.6) is 0 Å². The van der Waals surface area contributed by atoms with Crippen LogP contribution in [0.15, 0.2) is 29.6 Å². The largest absolute Gasteiger partial charge is 0.325 e. The Morgan fingerprint density at radius 1 is 1.18 bits per heavy atom. The first kappa shape index (κ1) is 16.8. The van der Waals surface area contributed by atoms with Gasteiger partial charge in [0.05, 0.1) is 17.2 Å². The molecule has 1 heterocycles. The summed E-state index contributed by atoms with van der Waals surface area (Å²) < 4.78 is 0. The van der Waals surface area contributed by atoms with Gasteiger partial charge in [0.25, 0.3) is 0 Å². The number of nitrogens with one attached hydrogen (secondary N) is 2. The lowest BCUT2D eigenvalue weighted by Crippen LogP contribution is -2.18. The summed E-state index contributed by atoms with van der Waals surface area (Å²) in [5, 5.41) is 8.48. The zero-order chi connectivity index (χ0) is 15.9. The summed E-state index contributed by atoms with van der Waals surface area (Å²) in [5.74, 6) is 0.0726. The average molecular weight is 356 g/mol. The number of anilines is 2. The van der Waals surface area contributed by atoms with Crippen LogP contribution >= 0.6 is 34.7 Å². The van der Waals surface area contributed by atoms with Gasteiger partial charge in [-0.25, -0.2) is 4.98 Å². The maximum atomic E-state index is 11.7. The molecule has 0 spiro atoms. The van der Waals surface area contributed by atoms with E-state index in [4.69, 9.17) is 11.6 Å². The lowest BCUT2D eigenvalue weighted by atomic mass is 10.3. The third-order valence-electron chi connectivity index (χ3n) is 2.46. The Labute approximate surface area is 141 Å². The normalized spacial score (nSPS) is 10.3. The summed E-state index contributed by atoms with van der Waals surface area (Å²) in [6.07, 6.45) is 0. The number of rotatable bonds is 6. The Morgan fingerprint density at radius 3 is 2.41 bits per heavy atom. The molecule has 116 valence electrons. The smallest absolute Gasteiger partial charge is 0.236 e. The zero-order valence-electron chi connectivity index (χ0n) is 11.8. The third-order valence-corrected chi connectivity index (χ3v) is 4.52. The average Bonchev–Trinajstić information content (AvgIpc) is 2.86. The lowest BCUT2D eigenvalue weighted by Gasteiger charge is -2.05. The standard InChI is InChI=1S/C14H14ClN3O2S2/c1-9-6-22-14(16-9)18-13(20)8-21-7-12(19)17-11-4-2-10(15)3-5-11/h2-6H,7-8H2,1H3,(H,17,19)(H,16,18,20). The molecule has 5 nitrogen and oxygen atoms in total. The zero-order valence-corrected chi connectivity index (χ0v) is 14.1. The SMILES string of the molecule is Cc1csc(NC(=O)CSCC(=O)Nc2ccc(Cl)cc2)n1. The van der Waals surface area contributed by atoms with Gasteiger partial charge in [-0.3, -0.25) is 9.59 Å². The molecule has 0 aliphatic heterocycles. The summed E-state index contributed by atoms with van der Waals surface area (Å²) in [6.45, 7) is 1.86. The molecule has 0 atom stereocenters. The van der Waals surface area contributed by atoms with Crippen molar-refractivity contribution in [1.29, 1.82) is 0 Å². The van der Waals surface area contributed by atoms with E-state index >= 15 is 0 Å². The first-order valence-electron chi connectivity index (χ1n) is 6.38. The van der Waals surface area contributed by atoms with Crippen LogP contribution in [0.4, 0.5) is 10.8 Å². The number of halogens is 1. The van der Waals surface area contributed by atoms with E-state index in [9.17, 15) is 9.59 Å². The molecule has 22 heavy (non-hydrogen) atoms. The van der Waals surface area contributed by atoms with Crippen molar-refractivity contribution in [3.8, 4) is 0 Å². The van der Waals surface area contributed by atoms with Crippen molar-refractivity contribution in [2.24, 2.45) is 0 Å². The second-order valence-corrected chi connectivity index (χ2v) is 6.67. The Kier molecular flexibility index (Phi) is 6.23. The van der Waals surface area contributed by atoms with E-state index in [-0.39, 0.29) is 23.3 Å². The van der Waals surface area contributed by atoms with Crippen molar-refractivity contribution in [1.82, 2.24) is 4.98 Å². The molecule has 2 amide bonds. The van der Waals surface area contributed by atoms with Gasteiger partial charge in [-0.05, 0) is 31.2 Å². The third kappa shape index (κ3) is 5.67. The summed E-state index contributed by atoms with van der Waals surface area (Å²) in [6, 6.07) is 6.85. The molecule has 0 unspecified atom stereocenters. The van der Waals surface area contributed by atoms with Crippen molar-refractivity contribution in [3.05, 3.63) is 40.4 Å². The molecule has 0 saturated heterocycles. The van der Waals surface area contributed by atoms with Gasteiger partial charge in [0, 0.05) is 16.1 Å². The van der Waals surface area contributed by atoms with Crippen molar-refractivity contribution < 1.29 is 9.59 Å². The number of benzene rings is 1. The number of hydrogen-bond acceptors (Lipinski definition) is 5. The van der Waals surface area contributed by atoms with Crippen LogP contribution in [0.3, 0.4) is 0 Å². The van der Waals surface area contributed by atoms with E-state index in [1.54, 1.807) is 24.3 Å². The van der Waals surface area contributed by atoms with Gasteiger partial charge in [0.15, 0.2) is 5.13 Å².